The second kappa shape index (κ2) is 6.50. The molecule has 5 heteroatoms. The number of benzene rings is 1. The molecular formula is C15H21NO4. The van der Waals surface area contributed by atoms with Crippen molar-refractivity contribution in [1.82, 2.24) is 0 Å². The molecule has 0 saturated carbocycles. The molecule has 3 N–H and O–H groups in total. The number of ether oxygens (including phenoxy) is 1. The van der Waals surface area contributed by atoms with Gasteiger partial charge in [-0.3, -0.25) is 0 Å². The zero-order chi connectivity index (χ0) is 14.5. The van der Waals surface area contributed by atoms with Crippen LogP contribution in [0.2, 0.25) is 0 Å². The molecule has 5 nitrogen and oxygen atoms in total. The number of unbranched alkanes of at least 4 members (excludes halogenated alkanes) is 3. The van der Waals surface area contributed by atoms with Gasteiger partial charge in [-0.1, -0.05) is 31.3 Å². The number of hydrogen-bond acceptors (Lipinski definition) is 5. The van der Waals surface area contributed by atoms with Crippen LogP contribution >= 0.6 is 0 Å². The molecule has 0 aromatic heterocycles. The number of oxime groups is 1. The Morgan fingerprint density at radius 2 is 2.05 bits per heavy atom. The second-order valence-electron chi connectivity index (χ2n) is 5.18. The minimum absolute atomic E-state index is 0.0647. The third kappa shape index (κ3) is 3.15. The van der Waals surface area contributed by atoms with E-state index < -0.39 is 0 Å². The molecule has 1 unspecified atom stereocenters. The summed E-state index contributed by atoms with van der Waals surface area (Å²) < 4.78 is 5.79. The van der Waals surface area contributed by atoms with Gasteiger partial charge in [0.1, 0.15) is 23.4 Å². The maximum atomic E-state index is 9.84. The molecule has 0 amide bonds. The van der Waals surface area contributed by atoms with Crippen molar-refractivity contribution in [2.75, 3.05) is 0 Å². The number of rotatable bonds is 5. The van der Waals surface area contributed by atoms with E-state index in [-0.39, 0.29) is 17.6 Å². The summed E-state index contributed by atoms with van der Waals surface area (Å²) in [4.78, 5) is 0. The van der Waals surface area contributed by atoms with Gasteiger partial charge in [0, 0.05) is 18.6 Å². The highest BCUT2D eigenvalue weighted by Gasteiger charge is 2.28. The van der Waals surface area contributed by atoms with E-state index in [1.807, 2.05) is 0 Å². The van der Waals surface area contributed by atoms with Gasteiger partial charge in [-0.2, -0.15) is 0 Å². The molecule has 1 heterocycles. The van der Waals surface area contributed by atoms with Gasteiger partial charge >= 0.3 is 0 Å². The predicted molar refractivity (Wildman–Crippen MR) is 75.9 cm³/mol. The van der Waals surface area contributed by atoms with Crippen molar-refractivity contribution in [2.24, 2.45) is 5.16 Å². The molecule has 0 saturated heterocycles. The molecule has 1 aromatic carbocycles. The Morgan fingerprint density at radius 3 is 2.75 bits per heavy atom. The fraction of sp³-hybridized carbons (Fsp3) is 0.533. The van der Waals surface area contributed by atoms with Gasteiger partial charge in [0.2, 0.25) is 0 Å². The number of hydrogen-bond donors (Lipinski definition) is 3. The molecule has 1 aromatic rings. The van der Waals surface area contributed by atoms with Crippen molar-refractivity contribution in [1.29, 1.82) is 0 Å². The van der Waals surface area contributed by atoms with Crippen molar-refractivity contribution < 1.29 is 20.2 Å². The third-order valence-corrected chi connectivity index (χ3v) is 3.57. The average molecular weight is 279 g/mol. The molecule has 20 heavy (non-hydrogen) atoms. The summed E-state index contributed by atoms with van der Waals surface area (Å²) in [5.74, 6) is 0.185. The molecule has 0 fully saturated rings. The fourth-order valence-corrected chi connectivity index (χ4v) is 2.56. The molecule has 0 aliphatic carbocycles. The van der Waals surface area contributed by atoms with Crippen LogP contribution in [0.15, 0.2) is 17.3 Å². The molecule has 2 rings (SSSR count). The first-order valence-electron chi connectivity index (χ1n) is 7.09. The lowest BCUT2D eigenvalue weighted by atomic mass is 9.95. The highest BCUT2D eigenvalue weighted by molar-refractivity contribution is 6.06. The Labute approximate surface area is 118 Å². The van der Waals surface area contributed by atoms with E-state index in [4.69, 9.17) is 9.94 Å². The Balaban J connectivity index is 2.12. The number of phenols is 2. The summed E-state index contributed by atoms with van der Waals surface area (Å²) in [7, 11) is 0. The van der Waals surface area contributed by atoms with Crippen LogP contribution in [0.5, 0.6) is 17.2 Å². The number of fused-ring (bicyclic) bond motifs is 1. The van der Waals surface area contributed by atoms with Crippen molar-refractivity contribution >= 4 is 5.71 Å². The third-order valence-electron chi connectivity index (χ3n) is 3.57. The minimum Gasteiger partial charge on any atom is -0.508 e. The van der Waals surface area contributed by atoms with E-state index in [1.54, 1.807) is 0 Å². The molecule has 1 atom stereocenters. The monoisotopic (exact) mass is 279 g/mol. The van der Waals surface area contributed by atoms with Gasteiger partial charge in [-0.15, -0.1) is 0 Å². The van der Waals surface area contributed by atoms with Gasteiger partial charge in [-0.25, -0.2) is 0 Å². The van der Waals surface area contributed by atoms with E-state index >= 15 is 0 Å². The van der Waals surface area contributed by atoms with E-state index in [2.05, 4.69) is 12.1 Å². The summed E-state index contributed by atoms with van der Waals surface area (Å²) >= 11 is 0. The Bertz CT molecular complexity index is 499. The van der Waals surface area contributed by atoms with E-state index in [1.165, 1.54) is 25.0 Å². The Hall–Kier alpha value is -1.91. The van der Waals surface area contributed by atoms with E-state index in [0.717, 1.165) is 19.3 Å². The van der Waals surface area contributed by atoms with Crippen LogP contribution in [0.25, 0.3) is 0 Å². The lowest BCUT2D eigenvalue weighted by molar-refractivity contribution is 0.183. The first-order chi connectivity index (χ1) is 9.65. The van der Waals surface area contributed by atoms with Gasteiger partial charge in [0.15, 0.2) is 0 Å². The van der Waals surface area contributed by atoms with Gasteiger partial charge in [0.25, 0.3) is 0 Å². The molecule has 0 spiro atoms. The summed E-state index contributed by atoms with van der Waals surface area (Å²) in [6, 6.07) is 2.66. The van der Waals surface area contributed by atoms with Crippen molar-refractivity contribution in [3.05, 3.63) is 17.7 Å². The lowest BCUT2D eigenvalue weighted by Gasteiger charge is -2.27. The van der Waals surface area contributed by atoms with Crippen molar-refractivity contribution in [3.63, 3.8) is 0 Å². The SMILES string of the molecule is CCCCCCC1C/C(=N\O)c2c(O)cc(O)cc2O1. The van der Waals surface area contributed by atoms with Crippen molar-refractivity contribution in [2.45, 2.75) is 51.6 Å². The maximum absolute atomic E-state index is 9.84. The van der Waals surface area contributed by atoms with Crippen molar-refractivity contribution in [3.8, 4) is 17.2 Å². The summed E-state index contributed by atoms with van der Waals surface area (Å²) in [6.45, 7) is 2.16. The maximum Gasteiger partial charge on any atom is 0.136 e. The van der Waals surface area contributed by atoms with Gasteiger partial charge < -0.3 is 20.2 Å². The lowest BCUT2D eigenvalue weighted by Crippen LogP contribution is -2.27. The first kappa shape index (κ1) is 14.5. The smallest absolute Gasteiger partial charge is 0.136 e. The predicted octanol–water partition coefficient (Wildman–Crippen LogP) is 3.40. The summed E-state index contributed by atoms with van der Waals surface area (Å²) in [6.07, 6.45) is 5.84. The summed E-state index contributed by atoms with van der Waals surface area (Å²) in [5, 5.41) is 31.7. The van der Waals surface area contributed by atoms with Crippen LogP contribution in [0.4, 0.5) is 0 Å². The quantitative estimate of drug-likeness (QED) is 0.438. The number of phenolic OH excluding ortho intramolecular Hbond substituents is 2. The minimum atomic E-state index is -0.128. The first-order valence-corrected chi connectivity index (χ1v) is 7.09. The molecule has 1 aliphatic rings. The molecule has 0 bridgehead atoms. The molecule has 1 aliphatic heterocycles. The van der Waals surface area contributed by atoms with Gasteiger partial charge in [0.05, 0.1) is 11.3 Å². The largest absolute Gasteiger partial charge is 0.508 e. The zero-order valence-electron chi connectivity index (χ0n) is 11.7. The average Bonchev–Trinajstić information content (AvgIpc) is 2.42. The van der Waals surface area contributed by atoms with Crippen LogP contribution in [-0.2, 0) is 0 Å². The van der Waals surface area contributed by atoms with Crippen LogP contribution in [0.3, 0.4) is 0 Å². The highest BCUT2D eigenvalue weighted by Crippen LogP contribution is 2.38. The second-order valence-corrected chi connectivity index (χ2v) is 5.18. The summed E-state index contributed by atoms with van der Waals surface area (Å²) in [5.41, 5.74) is 0.777. The van der Waals surface area contributed by atoms with Crippen LogP contribution in [-0.4, -0.2) is 27.2 Å². The molecular weight excluding hydrogens is 258 g/mol. The fourth-order valence-electron chi connectivity index (χ4n) is 2.56. The highest BCUT2D eigenvalue weighted by atomic mass is 16.5. The van der Waals surface area contributed by atoms with Crippen LogP contribution < -0.4 is 4.74 Å². The van der Waals surface area contributed by atoms with Gasteiger partial charge in [-0.05, 0) is 12.8 Å². The zero-order valence-corrected chi connectivity index (χ0v) is 11.7. The topological polar surface area (TPSA) is 82.3 Å². The Kier molecular flexibility index (Phi) is 4.71. The Morgan fingerprint density at radius 1 is 1.25 bits per heavy atom. The molecule has 110 valence electrons. The number of nitrogens with zero attached hydrogens (tertiary/aromatic N) is 1. The van der Waals surface area contributed by atoms with Crippen LogP contribution in [0, 0.1) is 0 Å². The van der Waals surface area contributed by atoms with E-state index in [0.29, 0.717) is 23.4 Å². The molecule has 0 radical (unpaired) electrons. The normalized spacial score (nSPS) is 19.6. The van der Waals surface area contributed by atoms with E-state index in [9.17, 15) is 10.2 Å². The van der Waals surface area contributed by atoms with Crippen LogP contribution in [0.1, 0.15) is 51.0 Å². The standard InChI is InChI=1S/C15H21NO4/c1-2-3-4-5-6-11-9-12(16-19)15-13(18)7-10(17)8-14(15)20-11/h7-8,11,17-19H,2-6,9H2,1H3/b16-12+. The number of aromatic hydroxyl groups is 2.